The number of amides is 3. The summed E-state index contributed by atoms with van der Waals surface area (Å²) in [4.78, 5) is 43.7. The van der Waals surface area contributed by atoms with E-state index in [1.165, 1.54) is 29.2 Å². The molecule has 2 unspecified atom stereocenters. The molecular weight excluding hydrogens is 582 g/mol. The van der Waals surface area contributed by atoms with E-state index in [0.717, 1.165) is 10.8 Å². The lowest BCUT2D eigenvalue weighted by Gasteiger charge is -2.44. The second kappa shape index (κ2) is 13.9. The maximum Gasteiger partial charge on any atom is 0.408 e. The number of fused-ring (bicyclic) bond motifs is 1. The highest BCUT2D eigenvalue weighted by Gasteiger charge is 2.43. The van der Waals surface area contributed by atoms with Crippen LogP contribution in [0, 0.1) is 0 Å². The average molecular weight is 626 g/mol. The number of hydrogen-bond acceptors (Lipinski definition) is 6. The molecule has 9 nitrogen and oxygen atoms in total. The minimum atomic E-state index is -1.19. The van der Waals surface area contributed by atoms with Gasteiger partial charge in [0.15, 0.2) is 0 Å². The van der Waals surface area contributed by atoms with Crippen LogP contribution in [0.5, 0.6) is 11.5 Å². The van der Waals surface area contributed by atoms with Gasteiger partial charge in [-0.25, -0.2) is 4.79 Å². The van der Waals surface area contributed by atoms with Crippen LogP contribution in [-0.2, 0) is 20.7 Å². The smallest absolute Gasteiger partial charge is 0.408 e. The van der Waals surface area contributed by atoms with Crippen LogP contribution >= 0.6 is 0 Å². The summed E-state index contributed by atoms with van der Waals surface area (Å²) in [7, 11) is 0. The fourth-order valence-corrected chi connectivity index (χ4v) is 5.22. The molecule has 0 aliphatic rings. The van der Waals surface area contributed by atoms with Crippen molar-refractivity contribution in [2.45, 2.75) is 77.6 Å². The van der Waals surface area contributed by atoms with E-state index in [1.807, 2.05) is 57.2 Å². The number of aromatic hydroxyl groups is 2. The fourth-order valence-electron chi connectivity index (χ4n) is 5.22. The number of hydrogen-bond donors (Lipinski definition) is 4. The second-order valence-electron chi connectivity index (χ2n) is 13.0. The first-order valence-electron chi connectivity index (χ1n) is 15.4. The molecule has 3 amide bonds. The molecule has 9 heteroatoms. The minimum Gasteiger partial charge on any atom is -0.508 e. The summed E-state index contributed by atoms with van der Waals surface area (Å²) in [5.41, 5.74) is -0.0907. The molecule has 0 saturated carbocycles. The Bertz CT molecular complexity index is 1690. The van der Waals surface area contributed by atoms with Crippen LogP contribution in [0.25, 0.3) is 10.8 Å². The molecule has 46 heavy (non-hydrogen) atoms. The van der Waals surface area contributed by atoms with Crippen molar-refractivity contribution in [3.63, 3.8) is 0 Å². The van der Waals surface area contributed by atoms with E-state index in [2.05, 4.69) is 10.6 Å². The van der Waals surface area contributed by atoms with Crippen molar-refractivity contribution in [2.75, 3.05) is 5.32 Å². The number of phenols is 2. The van der Waals surface area contributed by atoms with Gasteiger partial charge in [0, 0.05) is 17.6 Å². The van der Waals surface area contributed by atoms with Crippen molar-refractivity contribution < 1.29 is 29.3 Å². The highest BCUT2D eigenvalue weighted by Crippen LogP contribution is 2.35. The molecular formula is C37H43N3O6. The van der Waals surface area contributed by atoms with Crippen molar-refractivity contribution >= 4 is 34.4 Å². The van der Waals surface area contributed by atoms with Crippen molar-refractivity contribution in [3.8, 4) is 11.5 Å². The van der Waals surface area contributed by atoms with Crippen LogP contribution in [0.4, 0.5) is 10.5 Å². The van der Waals surface area contributed by atoms with Gasteiger partial charge in [0.05, 0.1) is 0 Å². The third kappa shape index (κ3) is 8.56. The molecule has 0 spiro atoms. The predicted molar refractivity (Wildman–Crippen MR) is 180 cm³/mol. The highest BCUT2D eigenvalue weighted by atomic mass is 16.6. The Kier molecular flexibility index (Phi) is 10.2. The highest BCUT2D eigenvalue weighted by molar-refractivity contribution is 6.00. The van der Waals surface area contributed by atoms with Crippen LogP contribution in [0.3, 0.4) is 0 Å². The first kappa shape index (κ1) is 33.8. The lowest BCUT2D eigenvalue weighted by molar-refractivity contribution is -0.147. The number of carbonyl (C=O) groups excluding carboxylic acids is 3. The largest absolute Gasteiger partial charge is 0.508 e. The van der Waals surface area contributed by atoms with Crippen molar-refractivity contribution in [1.29, 1.82) is 0 Å². The molecule has 4 aromatic rings. The Morgan fingerprint density at radius 2 is 1.48 bits per heavy atom. The van der Waals surface area contributed by atoms with Gasteiger partial charge in [0.2, 0.25) is 5.91 Å². The number of rotatable bonds is 10. The number of ether oxygens (including phenoxy) is 1. The van der Waals surface area contributed by atoms with Gasteiger partial charge >= 0.3 is 6.09 Å². The minimum absolute atomic E-state index is 0.0600. The van der Waals surface area contributed by atoms with Gasteiger partial charge in [-0.3, -0.25) is 9.59 Å². The van der Waals surface area contributed by atoms with E-state index in [-0.39, 0.29) is 17.9 Å². The Morgan fingerprint density at radius 1 is 0.804 bits per heavy atom. The molecule has 242 valence electrons. The summed E-state index contributed by atoms with van der Waals surface area (Å²) in [5.74, 6) is -1.01. The number of nitrogens with one attached hydrogen (secondary N) is 2. The summed E-state index contributed by atoms with van der Waals surface area (Å²) in [6.07, 6.45) is -0.253. The SMILES string of the molecule is CCC(C)(C)N(C(=O)C(Cc1ccc(O)cc1)NC(=O)OC(C)(C)C)C(C(=O)Nc1ccc2ccccc2c1)c1cccc(O)c1. The topological polar surface area (TPSA) is 128 Å². The zero-order valence-corrected chi connectivity index (χ0v) is 27.2. The Balaban J connectivity index is 1.80. The summed E-state index contributed by atoms with van der Waals surface area (Å²) in [6.45, 7) is 10.8. The van der Waals surface area contributed by atoms with Gasteiger partial charge in [0.25, 0.3) is 5.91 Å². The zero-order valence-electron chi connectivity index (χ0n) is 27.2. The lowest BCUT2D eigenvalue weighted by atomic mass is 9.91. The Morgan fingerprint density at radius 3 is 2.11 bits per heavy atom. The fraction of sp³-hybridized carbons (Fsp3) is 0.324. The van der Waals surface area contributed by atoms with E-state index in [0.29, 0.717) is 23.2 Å². The Hall–Kier alpha value is -5.05. The van der Waals surface area contributed by atoms with Gasteiger partial charge < -0.3 is 30.5 Å². The number of anilines is 1. The quantitative estimate of drug-likeness (QED) is 0.149. The third-order valence-corrected chi connectivity index (χ3v) is 7.83. The first-order valence-corrected chi connectivity index (χ1v) is 15.4. The molecule has 0 heterocycles. The van der Waals surface area contributed by atoms with Crippen LogP contribution in [0.1, 0.15) is 65.1 Å². The van der Waals surface area contributed by atoms with E-state index >= 15 is 0 Å². The molecule has 0 aliphatic carbocycles. The number of alkyl carbamates (subject to hydrolysis) is 1. The van der Waals surface area contributed by atoms with Gasteiger partial charge in [-0.1, -0.05) is 61.5 Å². The molecule has 0 aliphatic heterocycles. The third-order valence-electron chi connectivity index (χ3n) is 7.83. The summed E-state index contributed by atoms with van der Waals surface area (Å²) in [6, 6.07) is 23.6. The molecule has 0 bridgehead atoms. The van der Waals surface area contributed by atoms with Crippen LogP contribution in [-0.4, -0.2) is 50.2 Å². The molecule has 4 rings (SSSR count). The molecule has 0 saturated heterocycles. The number of carbonyl (C=O) groups is 3. The maximum atomic E-state index is 14.8. The molecule has 4 N–H and O–H groups in total. The van der Waals surface area contributed by atoms with E-state index in [1.54, 1.807) is 51.1 Å². The van der Waals surface area contributed by atoms with Crippen LogP contribution in [0.15, 0.2) is 91.0 Å². The van der Waals surface area contributed by atoms with Crippen molar-refractivity contribution in [1.82, 2.24) is 10.2 Å². The van der Waals surface area contributed by atoms with Gasteiger partial charge in [0.1, 0.15) is 29.2 Å². The molecule has 0 fully saturated rings. The normalized spacial score (nSPS) is 13.0. The second-order valence-corrected chi connectivity index (χ2v) is 13.0. The molecule has 0 aromatic heterocycles. The number of benzene rings is 4. The number of nitrogens with zero attached hydrogens (tertiary/aromatic N) is 1. The lowest BCUT2D eigenvalue weighted by Crippen LogP contribution is -2.59. The average Bonchev–Trinajstić information content (AvgIpc) is 2.99. The monoisotopic (exact) mass is 625 g/mol. The maximum absolute atomic E-state index is 14.8. The van der Waals surface area contributed by atoms with Crippen molar-refractivity contribution in [3.05, 3.63) is 102 Å². The van der Waals surface area contributed by atoms with Gasteiger partial charge in [-0.2, -0.15) is 0 Å². The molecule has 4 aromatic carbocycles. The summed E-state index contributed by atoms with van der Waals surface area (Å²) < 4.78 is 5.52. The molecule has 2 atom stereocenters. The van der Waals surface area contributed by atoms with E-state index in [9.17, 15) is 24.6 Å². The van der Waals surface area contributed by atoms with Gasteiger partial charge in [-0.05, 0) is 99.3 Å². The van der Waals surface area contributed by atoms with Crippen molar-refractivity contribution in [2.24, 2.45) is 0 Å². The zero-order chi connectivity index (χ0) is 33.6. The van der Waals surface area contributed by atoms with Crippen LogP contribution < -0.4 is 10.6 Å². The standard InChI is InChI=1S/C37H43N3O6/c1-7-37(5,6)40(34(44)31(39-35(45)46-36(2,3)4)21-24-15-19-29(41)20-16-24)32(27-13-10-14-30(42)23-27)33(43)38-28-18-17-25-11-8-9-12-26(25)22-28/h8-20,22-23,31-32,41-42H,7,21H2,1-6H3,(H,38,43)(H,39,45). The number of phenolic OH excluding ortho intramolecular Hbond substituents is 2. The van der Waals surface area contributed by atoms with Crippen LogP contribution in [0.2, 0.25) is 0 Å². The van der Waals surface area contributed by atoms with E-state index < -0.39 is 41.1 Å². The van der Waals surface area contributed by atoms with Gasteiger partial charge in [-0.15, -0.1) is 0 Å². The molecule has 0 radical (unpaired) electrons. The predicted octanol–water partition coefficient (Wildman–Crippen LogP) is 7.08. The first-order chi connectivity index (χ1) is 21.7. The summed E-state index contributed by atoms with van der Waals surface area (Å²) in [5, 5.41) is 28.0. The Labute approximate surface area is 270 Å². The summed E-state index contributed by atoms with van der Waals surface area (Å²) >= 11 is 0. The van der Waals surface area contributed by atoms with E-state index in [4.69, 9.17) is 4.74 Å².